The summed E-state index contributed by atoms with van der Waals surface area (Å²) in [7, 11) is 1.64. The first-order valence-electron chi connectivity index (χ1n) is 5.76. The lowest BCUT2D eigenvalue weighted by atomic mass is 10.00. The fourth-order valence-electron chi connectivity index (χ4n) is 1.93. The molecule has 0 aliphatic rings. The number of halogens is 3. The molecule has 0 aromatic heterocycles. The molecule has 0 heterocycles. The molecule has 0 saturated heterocycles. The second kappa shape index (κ2) is 5.93. The molecule has 0 fully saturated rings. The van der Waals surface area contributed by atoms with E-state index in [0.717, 1.165) is 22.4 Å². The number of methoxy groups -OCH3 is 1. The second-order valence-corrected chi connectivity index (χ2v) is 5.57. The Morgan fingerprint density at radius 3 is 2.42 bits per heavy atom. The van der Waals surface area contributed by atoms with Gasteiger partial charge in [-0.1, -0.05) is 39.7 Å². The van der Waals surface area contributed by atoms with Crippen LogP contribution in [-0.4, -0.2) is 7.11 Å². The van der Waals surface area contributed by atoms with Crippen LogP contribution in [0.1, 0.15) is 21.5 Å². The standard InChI is InChI=1S/C15H13BrClFO/c1-9-7-11(19-2)4-6-12(9)15(16)13-5-3-10(18)8-14(13)17/h3-8,15H,1-2H3. The van der Waals surface area contributed by atoms with E-state index in [0.29, 0.717) is 5.02 Å². The molecule has 2 aromatic carbocycles. The van der Waals surface area contributed by atoms with E-state index in [2.05, 4.69) is 15.9 Å². The van der Waals surface area contributed by atoms with Crippen molar-refractivity contribution < 1.29 is 9.13 Å². The molecule has 0 saturated carbocycles. The van der Waals surface area contributed by atoms with Crippen LogP contribution in [0.5, 0.6) is 5.75 Å². The highest BCUT2D eigenvalue weighted by Crippen LogP contribution is 2.37. The monoisotopic (exact) mass is 342 g/mol. The van der Waals surface area contributed by atoms with Gasteiger partial charge in [0.2, 0.25) is 0 Å². The van der Waals surface area contributed by atoms with Gasteiger partial charge in [-0.25, -0.2) is 4.39 Å². The Bertz CT molecular complexity index is 601. The van der Waals surface area contributed by atoms with Gasteiger partial charge in [0, 0.05) is 5.02 Å². The Balaban J connectivity index is 2.41. The van der Waals surface area contributed by atoms with Gasteiger partial charge in [0.05, 0.1) is 11.9 Å². The number of aryl methyl sites for hydroxylation is 1. The van der Waals surface area contributed by atoms with Gasteiger partial charge >= 0.3 is 0 Å². The minimum atomic E-state index is -0.333. The molecule has 1 nitrogen and oxygen atoms in total. The molecular weight excluding hydrogens is 331 g/mol. The van der Waals surface area contributed by atoms with E-state index in [4.69, 9.17) is 16.3 Å². The molecule has 0 bridgehead atoms. The van der Waals surface area contributed by atoms with E-state index in [1.807, 2.05) is 25.1 Å². The van der Waals surface area contributed by atoms with Crippen molar-refractivity contribution in [2.24, 2.45) is 0 Å². The van der Waals surface area contributed by atoms with Crippen molar-refractivity contribution in [2.45, 2.75) is 11.8 Å². The first kappa shape index (κ1) is 14.4. The van der Waals surface area contributed by atoms with E-state index >= 15 is 0 Å². The third-order valence-corrected chi connectivity index (χ3v) is 4.30. The van der Waals surface area contributed by atoms with Crippen LogP contribution in [0.3, 0.4) is 0 Å². The third kappa shape index (κ3) is 3.10. The highest BCUT2D eigenvalue weighted by molar-refractivity contribution is 9.09. The maximum absolute atomic E-state index is 13.1. The van der Waals surface area contributed by atoms with Crippen LogP contribution in [0.25, 0.3) is 0 Å². The van der Waals surface area contributed by atoms with Crippen molar-refractivity contribution >= 4 is 27.5 Å². The minimum Gasteiger partial charge on any atom is -0.497 e. The minimum absolute atomic E-state index is 0.0773. The summed E-state index contributed by atoms with van der Waals surface area (Å²) in [4.78, 5) is -0.0773. The Morgan fingerprint density at radius 1 is 1.16 bits per heavy atom. The third-order valence-electron chi connectivity index (χ3n) is 2.99. The first-order chi connectivity index (χ1) is 9.02. The van der Waals surface area contributed by atoms with Gasteiger partial charge < -0.3 is 4.74 Å². The fraction of sp³-hybridized carbons (Fsp3) is 0.200. The van der Waals surface area contributed by atoms with E-state index in [9.17, 15) is 4.39 Å². The predicted octanol–water partition coefficient (Wildman–Crippen LogP) is 5.28. The molecule has 4 heteroatoms. The zero-order valence-corrected chi connectivity index (χ0v) is 12.9. The molecule has 1 unspecified atom stereocenters. The largest absolute Gasteiger partial charge is 0.497 e. The Kier molecular flexibility index (Phi) is 4.48. The zero-order chi connectivity index (χ0) is 14.0. The summed E-state index contributed by atoms with van der Waals surface area (Å²) >= 11 is 9.71. The molecule has 0 N–H and O–H groups in total. The van der Waals surface area contributed by atoms with Crippen molar-refractivity contribution in [2.75, 3.05) is 7.11 Å². The first-order valence-corrected chi connectivity index (χ1v) is 7.06. The maximum Gasteiger partial charge on any atom is 0.124 e. The van der Waals surface area contributed by atoms with Gasteiger partial charge in [-0.15, -0.1) is 0 Å². The highest BCUT2D eigenvalue weighted by atomic mass is 79.9. The molecule has 0 amide bonds. The highest BCUT2D eigenvalue weighted by Gasteiger charge is 2.16. The van der Waals surface area contributed by atoms with Gasteiger partial charge in [0.1, 0.15) is 11.6 Å². The number of rotatable bonds is 3. The molecular formula is C15H13BrClFO. The van der Waals surface area contributed by atoms with E-state index in [1.165, 1.54) is 12.1 Å². The van der Waals surface area contributed by atoms with Gasteiger partial charge in [-0.2, -0.15) is 0 Å². The topological polar surface area (TPSA) is 9.23 Å². The van der Waals surface area contributed by atoms with E-state index < -0.39 is 0 Å². The van der Waals surface area contributed by atoms with E-state index in [1.54, 1.807) is 13.2 Å². The molecule has 0 aliphatic carbocycles. The Labute approximate surface area is 125 Å². The SMILES string of the molecule is COc1ccc(C(Br)c2ccc(F)cc2Cl)c(C)c1. The van der Waals surface area contributed by atoms with Crippen molar-refractivity contribution in [3.05, 3.63) is 63.9 Å². The maximum atomic E-state index is 13.1. The van der Waals surface area contributed by atoms with Crippen molar-refractivity contribution in [3.63, 3.8) is 0 Å². The van der Waals surface area contributed by atoms with Crippen LogP contribution in [0.2, 0.25) is 5.02 Å². The lowest BCUT2D eigenvalue weighted by molar-refractivity contribution is 0.414. The normalized spacial score (nSPS) is 12.3. The second-order valence-electron chi connectivity index (χ2n) is 4.25. The molecule has 19 heavy (non-hydrogen) atoms. The van der Waals surface area contributed by atoms with Crippen molar-refractivity contribution in [1.29, 1.82) is 0 Å². The fourth-order valence-corrected chi connectivity index (χ4v) is 3.26. The predicted molar refractivity (Wildman–Crippen MR) is 79.9 cm³/mol. The van der Waals surface area contributed by atoms with Crippen LogP contribution >= 0.6 is 27.5 Å². The van der Waals surface area contributed by atoms with Crippen LogP contribution in [0.15, 0.2) is 36.4 Å². The number of alkyl halides is 1. The average Bonchev–Trinajstić information content (AvgIpc) is 2.37. The van der Waals surface area contributed by atoms with Crippen LogP contribution in [0, 0.1) is 12.7 Å². The Hall–Kier alpha value is -1.06. The van der Waals surface area contributed by atoms with Crippen molar-refractivity contribution in [3.8, 4) is 5.75 Å². The Morgan fingerprint density at radius 2 is 1.84 bits per heavy atom. The lowest BCUT2D eigenvalue weighted by Gasteiger charge is -2.16. The summed E-state index contributed by atoms with van der Waals surface area (Å²) in [6.07, 6.45) is 0. The summed E-state index contributed by atoms with van der Waals surface area (Å²) in [6, 6.07) is 10.3. The van der Waals surface area contributed by atoms with Gasteiger partial charge in [-0.3, -0.25) is 0 Å². The smallest absolute Gasteiger partial charge is 0.124 e. The molecule has 100 valence electrons. The van der Waals surface area contributed by atoms with Crippen molar-refractivity contribution in [1.82, 2.24) is 0 Å². The summed E-state index contributed by atoms with van der Waals surface area (Å²) in [5.41, 5.74) is 3.01. The molecule has 0 radical (unpaired) electrons. The number of ether oxygens (including phenoxy) is 1. The van der Waals surface area contributed by atoms with E-state index in [-0.39, 0.29) is 10.6 Å². The summed E-state index contributed by atoms with van der Waals surface area (Å²) in [6.45, 7) is 2.00. The quantitative estimate of drug-likeness (QED) is 0.689. The molecule has 0 spiro atoms. The van der Waals surface area contributed by atoms with Crippen LogP contribution in [0.4, 0.5) is 4.39 Å². The molecule has 0 aliphatic heterocycles. The number of hydrogen-bond donors (Lipinski definition) is 0. The summed E-state index contributed by atoms with van der Waals surface area (Å²) in [5, 5.41) is 0.414. The van der Waals surface area contributed by atoms with Gasteiger partial charge in [0.15, 0.2) is 0 Å². The molecule has 2 aromatic rings. The summed E-state index contributed by atoms with van der Waals surface area (Å²) < 4.78 is 18.3. The van der Waals surface area contributed by atoms with Gasteiger partial charge in [0.25, 0.3) is 0 Å². The molecule has 2 rings (SSSR count). The number of hydrogen-bond acceptors (Lipinski definition) is 1. The summed E-state index contributed by atoms with van der Waals surface area (Å²) in [5.74, 6) is 0.478. The number of benzene rings is 2. The van der Waals surface area contributed by atoms with Crippen LogP contribution < -0.4 is 4.74 Å². The lowest BCUT2D eigenvalue weighted by Crippen LogP contribution is -1.98. The zero-order valence-electron chi connectivity index (χ0n) is 10.6. The molecule has 1 atom stereocenters. The average molecular weight is 344 g/mol. The van der Waals surface area contributed by atoms with Crippen LogP contribution in [-0.2, 0) is 0 Å². The van der Waals surface area contributed by atoms with Gasteiger partial charge in [-0.05, 0) is 47.9 Å².